The van der Waals surface area contributed by atoms with Crippen LogP contribution in [0.15, 0.2) is 78.9 Å². The lowest BCUT2D eigenvalue weighted by atomic mass is 9.74. The van der Waals surface area contributed by atoms with Crippen molar-refractivity contribution in [2.45, 2.75) is 44.9 Å². The number of rotatable bonds is 5. The van der Waals surface area contributed by atoms with Gasteiger partial charge in [0, 0.05) is 24.1 Å². The summed E-state index contributed by atoms with van der Waals surface area (Å²) in [6, 6.07) is 24.9. The highest BCUT2D eigenvalue weighted by molar-refractivity contribution is 5.84. The molecule has 0 bridgehead atoms. The highest BCUT2D eigenvalue weighted by Crippen LogP contribution is 2.52. The van der Waals surface area contributed by atoms with Crippen LogP contribution in [-0.4, -0.2) is 18.1 Å². The lowest BCUT2D eigenvalue weighted by molar-refractivity contribution is -0.124. The largest absolute Gasteiger partial charge is 0.489 e. The van der Waals surface area contributed by atoms with Gasteiger partial charge in [0.05, 0.1) is 0 Å². The summed E-state index contributed by atoms with van der Waals surface area (Å²) >= 11 is 0. The molecule has 2 aliphatic heterocycles. The fourth-order valence-corrected chi connectivity index (χ4v) is 5.10. The molecule has 1 saturated heterocycles. The number of aryl methyl sites for hydroxylation is 1. The number of benzene rings is 3. The topological polar surface area (TPSA) is 41.6 Å². The average Bonchev–Trinajstić information content (AvgIpc) is 3.01. The molecular weight excluding hydrogens is 408 g/mol. The molecule has 2 aliphatic rings. The summed E-state index contributed by atoms with van der Waals surface area (Å²) in [6.07, 6.45) is 4.78. The average molecular weight is 439 g/mol. The Balaban J connectivity index is 1.41. The summed E-state index contributed by atoms with van der Waals surface area (Å²) in [6.45, 7) is 7.83. The summed E-state index contributed by atoms with van der Waals surface area (Å²) < 4.78 is 5.92. The quantitative estimate of drug-likeness (QED) is 0.564. The second-order valence-electron chi connectivity index (χ2n) is 9.54. The van der Waals surface area contributed by atoms with Crippen molar-refractivity contribution in [2.75, 3.05) is 11.4 Å². The number of carbonyl (C=O) groups excluding carboxylic acids is 1. The van der Waals surface area contributed by atoms with Gasteiger partial charge in [-0.2, -0.15) is 0 Å². The van der Waals surface area contributed by atoms with Gasteiger partial charge in [-0.25, -0.2) is 0 Å². The van der Waals surface area contributed by atoms with E-state index < -0.39 is 5.66 Å². The summed E-state index contributed by atoms with van der Waals surface area (Å²) in [5, 5.41) is 3.34. The van der Waals surface area contributed by atoms with Crippen LogP contribution in [0.2, 0.25) is 0 Å². The van der Waals surface area contributed by atoms with Gasteiger partial charge in [-0.3, -0.25) is 4.79 Å². The van der Waals surface area contributed by atoms with Gasteiger partial charge >= 0.3 is 0 Å². The van der Waals surface area contributed by atoms with Crippen LogP contribution in [0.1, 0.15) is 42.5 Å². The lowest BCUT2D eigenvalue weighted by Gasteiger charge is -2.49. The van der Waals surface area contributed by atoms with E-state index >= 15 is 0 Å². The Kier molecular flexibility index (Phi) is 5.24. The summed E-state index contributed by atoms with van der Waals surface area (Å²) in [7, 11) is 0. The molecule has 1 fully saturated rings. The van der Waals surface area contributed by atoms with Crippen LogP contribution in [0.3, 0.4) is 0 Å². The normalized spacial score (nSPS) is 20.9. The van der Waals surface area contributed by atoms with E-state index in [2.05, 4.69) is 85.6 Å². The maximum Gasteiger partial charge on any atom is 0.223 e. The van der Waals surface area contributed by atoms with Gasteiger partial charge in [0.25, 0.3) is 0 Å². The van der Waals surface area contributed by atoms with Crippen LogP contribution in [0.25, 0.3) is 6.08 Å². The van der Waals surface area contributed by atoms with E-state index in [9.17, 15) is 4.79 Å². The van der Waals surface area contributed by atoms with E-state index in [0.717, 1.165) is 16.9 Å². The molecule has 33 heavy (non-hydrogen) atoms. The van der Waals surface area contributed by atoms with Gasteiger partial charge < -0.3 is 15.0 Å². The first-order valence-corrected chi connectivity index (χ1v) is 11.5. The minimum absolute atomic E-state index is 0.0955. The summed E-state index contributed by atoms with van der Waals surface area (Å²) in [5.74, 6) is 0.934. The zero-order chi connectivity index (χ0) is 23.1. The minimum atomic E-state index is -0.596. The number of ether oxygens (including phenoxy) is 1. The Morgan fingerprint density at radius 3 is 2.55 bits per heavy atom. The van der Waals surface area contributed by atoms with Gasteiger partial charge in [0.1, 0.15) is 18.0 Å². The van der Waals surface area contributed by atoms with Gasteiger partial charge in [-0.1, -0.05) is 80.1 Å². The summed E-state index contributed by atoms with van der Waals surface area (Å²) in [4.78, 5) is 14.9. The molecule has 4 heteroatoms. The van der Waals surface area contributed by atoms with Gasteiger partial charge in [-0.15, -0.1) is 0 Å². The fourth-order valence-electron chi connectivity index (χ4n) is 5.10. The van der Waals surface area contributed by atoms with E-state index in [-0.39, 0.29) is 11.3 Å². The first-order chi connectivity index (χ1) is 15.9. The predicted octanol–water partition coefficient (Wildman–Crippen LogP) is 5.60. The van der Waals surface area contributed by atoms with Gasteiger partial charge in [0.2, 0.25) is 5.91 Å². The molecule has 5 rings (SSSR count). The van der Waals surface area contributed by atoms with Gasteiger partial charge in [-0.05, 0) is 47.9 Å². The SMILES string of the molecule is Cc1ccc2c(c1)C(C)(C)[C@]1(/C=C/c3ccc(OCc4ccccc4)cc3)NC(=O)CCN21. The molecule has 1 N–H and O–H groups in total. The Morgan fingerprint density at radius 2 is 1.79 bits per heavy atom. The molecule has 0 aromatic heterocycles. The van der Waals surface area contributed by atoms with Crippen molar-refractivity contribution < 1.29 is 9.53 Å². The number of nitrogens with zero attached hydrogens (tertiary/aromatic N) is 1. The highest BCUT2D eigenvalue weighted by atomic mass is 16.5. The molecule has 168 valence electrons. The molecule has 0 radical (unpaired) electrons. The van der Waals surface area contributed by atoms with E-state index in [1.165, 1.54) is 16.8 Å². The zero-order valence-electron chi connectivity index (χ0n) is 19.5. The third-order valence-corrected chi connectivity index (χ3v) is 7.03. The number of carbonyl (C=O) groups is 1. The van der Waals surface area contributed by atoms with Crippen molar-refractivity contribution in [1.29, 1.82) is 0 Å². The fraction of sp³-hybridized carbons (Fsp3) is 0.276. The standard InChI is InChI=1S/C29H30N2O2/c1-21-9-14-26-25(19-21)28(2,3)29(30-27(32)16-18-31(26)29)17-15-22-10-12-24(13-11-22)33-20-23-7-5-4-6-8-23/h4-15,17,19H,16,18,20H2,1-3H3,(H,30,32)/b17-15+/t29-/m1/s1. The Bertz CT molecular complexity index is 1200. The third kappa shape index (κ3) is 3.70. The Labute approximate surface area is 195 Å². The van der Waals surface area contributed by atoms with Gasteiger partial charge in [0.15, 0.2) is 0 Å². The number of hydrogen-bond acceptors (Lipinski definition) is 3. The molecular formula is C29H30N2O2. The van der Waals surface area contributed by atoms with Crippen molar-refractivity contribution in [2.24, 2.45) is 0 Å². The van der Waals surface area contributed by atoms with E-state index in [1.807, 2.05) is 30.3 Å². The van der Waals surface area contributed by atoms with Crippen molar-refractivity contribution in [1.82, 2.24) is 5.32 Å². The zero-order valence-corrected chi connectivity index (χ0v) is 19.5. The van der Waals surface area contributed by atoms with Crippen LogP contribution in [0.5, 0.6) is 5.75 Å². The van der Waals surface area contributed by atoms with Crippen LogP contribution in [-0.2, 0) is 16.8 Å². The van der Waals surface area contributed by atoms with Crippen molar-refractivity contribution in [3.05, 3.63) is 101 Å². The van der Waals surface area contributed by atoms with E-state index in [4.69, 9.17) is 4.74 Å². The van der Waals surface area contributed by atoms with Crippen LogP contribution in [0, 0.1) is 6.92 Å². The minimum Gasteiger partial charge on any atom is -0.489 e. The number of hydrogen-bond donors (Lipinski definition) is 1. The maximum atomic E-state index is 12.6. The number of nitrogens with one attached hydrogen (secondary N) is 1. The van der Waals surface area contributed by atoms with Crippen molar-refractivity contribution in [3.8, 4) is 5.75 Å². The molecule has 0 unspecified atom stereocenters. The van der Waals surface area contributed by atoms with Crippen LogP contribution < -0.4 is 15.0 Å². The van der Waals surface area contributed by atoms with E-state index in [0.29, 0.717) is 19.6 Å². The molecule has 2 heterocycles. The first kappa shape index (κ1) is 21.3. The molecule has 0 saturated carbocycles. The van der Waals surface area contributed by atoms with Crippen molar-refractivity contribution >= 4 is 17.7 Å². The molecule has 0 spiro atoms. The molecule has 3 aromatic rings. The Morgan fingerprint density at radius 1 is 1.03 bits per heavy atom. The highest BCUT2D eigenvalue weighted by Gasteiger charge is 2.57. The molecule has 1 amide bonds. The summed E-state index contributed by atoms with van der Waals surface area (Å²) in [5.41, 5.74) is 5.06. The lowest BCUT2D eigenvalue weighted by Crippen LogP contribution is -2.68. The first-order valence-electron chi connectivity index (χ1n) is 11.5. The predicted molar refractivity (Wildman–Crippen MR) is 133 cm³/mol. The molecule has 4 nitrogen and oxygen atoms in total. The maximum absolute atomic E-state index is 12.6. The van der Waals surface area contributed by atoms with Crippen molar-refractivity contribution in [3.63, 3.8) is 0 Å². The van der Waals surface area contributed by atoms with E-state index in [1.54, 1.807) is 0 Å². The molecule has 1 atom stereocenters. The van der Waals surface area contributed by atoms with Crippen LogP contribution >= 0.6 is 0 Å². The number of amides is 1. The second kappa shape index (κ2) is 8.11. The molecule has 0 aliphatic carbocycles. The number of anilines is 1. The third-order valence-electron chi connectivity index (χ3n) is 7.03. The smallest absolute Gasteiger partial charge is 0.223 e. The molecule has 3 aromatic carbocycles. The Hall–Kier alpha value is -3.53. The monoisotopic (exact) mass is 438 g/mol. The second-order valence-corrected chi connectivity index (χ2v) is 9.54. The number of fused-ring (bicyclic) bond motifs is 3. The van der Waals surface area contributed by atoms with Crippen LogP contribution in [0.4, 0.5) is 5.69 Å².